The molecule has 0 fully saturated rings. The molecule has 18 heavy (non-hydrogen) atoms. The summed E-state index contributed by atoms with van der Waals surface area (Å²) in [5.74, 6) is 0.486. The lowest BCUT2D eigenvalue weighted by Crippen LogP contribution is -2.06. The Labute approximate surface area is 104 Å². The lowest BCUT2D eigenvalue weighted by Gasteiger charge is -2.08. The first-order valence-corrected chi connectivity index (χ1v) is 5.72. The van der Waals surface area contributed by atoms with Crippen LogP contribution < -0.4 is 5.73 Å². The van der Waals surface area contributed by atoms with Gasteiger partial charge in [0.05, 0.1) is 6.54 Å². The van der Waals surface area contributed by atoms with Crippen molar-refractivity contribution in [3.63, 3.8) is 0 Å². The van der Waals surface area contributed by atoms with Gasteiger partial charge in [0.1, 0.15) is 5.52 Å². The van der Waals surface area contributed by atoms with Gasteiger partial charge in [-0.05, 0) is 36.2 Å². The van der Waals surface area contributed by atoms with E-state index in [9.17, 15) is 0 Å². The largest absolute Gasteiger partial charge is 0.369 e. The quantitative estimate of drug-likeness (QED) is 0.739. The summed E-state index contributed by atoms with van der Waals surface area (Å²) >= 11 is 0. The van der Waals surface area contributed by atoms with Crippen molar-refractivity contribution in [3.8, 4) is 0 Å². The molecule has 0 radical (unpaired) electrons. The number of fused-ring (bicyclic) bond motifs is 1. The minimum atomic E-state index is 0.486. The molecule has 0 bridgehead atoms. The van der Waals surface area contributed by atoms with Gasteiger partial charge >= 0.3 is 0 Å². The van der Waals surface area contributed by atoms with E-state index in [1.165, 1.54) is 5.56 Å². The molecule has 3 aromatic rings. The Morgan fingerprint density at radius 2 is 2.17 bits per heavy atom. The SMILES string of the molecule is Cc1cnccc1Cn1c(N)nc2cccnc21. The molecule has 5 nitrogen and oxygen atoms in total. The maximum Gasteiger partial charge on any atom is 0.202 e. The van der Waals surface area contributed by atoms with Crippen LogP contribution in [0.4, 0.5) is 5.95 Å². The van der Waals surface area contributed by atoms with Gasteiger partial charge in [-0.3, -0.25) is 9.55 Å². The molecule has 0 aliphatic heterocycles. The van der Waals surface area contributed by atoms with E-state index in [-0.39, 0.29) is 0 Å². The van der Waals surface area contributed by atoms with Crippen molar-refractivity contribution in [2.75, 3.05) is 5.73 Å². The topological polar surface area (TPSA) is 69.6 Å². The van der Waals surface area contributed by atoms with Gasteiger partial charge in [-0.25, -0.2) is 9.97 Å². The van der Waals surface area contributed by atoms with Crippen LogP contribution in [0.2, 0.25) is 0 Å². The number of hydrogen-bond donors (Lipinski definition) is 1. The molecule has 3 rings (SSSR count). The van der Waals surface area contributed by atoms with E-state index >= 15 is 0 Å². The molecular formula is C13H13N5. The summed E-state index contributed by atoms with van der Waals surface area (Å²) in [5, 5.41) is 0. The van der Waals surface area contributed by atoms with Gasteiger partial charge in [-0.1, -0.05) is 0 Å². The molecule has 0 aliphatic carbocycles. The number of anilines is 1. The summed E-state index contributed by atoms with van der Waals surface area (Å²) in [7, 11) is 0. The highest BCUT2D eigenvalue weighted by Gasteiger charge is 2.09. The molecular weight excluding hydrogens is 226 g/mol. The van der Waals surface area contributed by atoms with Crippen molar-refractivity contribution in [1.29, 1.82) is 0 Å². The second-order valence-electron chi connectivity index (χ2n) is 4.20. The van der Waals surface area contributed by atoms with Crippen LogP contribution in [0.1, 0.15) is 11.1 Å². The van der Waals surface area contributed by atoms with Crippen molar-refractivity contribution in [2.24, 2.45) is 0 Å². The number of hydrogen-bond acceptors (Lipinski definition) is 4. The van der Waals surface area contributed by atoms with Gasteiger partial charge in [-0.2, -0.15) is 0 Å². The third-order valence-electron chi connectivity index (χ3n) is 3.00. The Balaban J connectivity index is 2.10. The number of aromatic nitrogens is 4. The molecule has 5 heteroatoms. The zero-order valence-corrected chi connectivity index (χ0v) is 10.0. The highest BCUT2D eigenvalue weighted by atomic mass is 15.2. The first-order chi connectivity index (χ1) is 8.75. The summed E-state index contributed by atoms with van der Waals surface area (Å²) in [6, 6.07) is 5.76. The Morgan fingerprint density at radius 3 is 3.00 bits per heavy atom. The van der Waals surface area contributed by atoms with Crippen molar-refractivity contribution in [3.05, 3.63) is 47.9 Å². The van der Waals surface area contributed by atoms with E-state index in [1.54, 1.807) is 12.4 Å². The molecule has 2 N–H and O–H groups in total. The standard InChI is InChI=1S/C13H13N5/c1-9-7-15-6-4-10(9)8-18-12-11(17-13(18)14)3-2-5-16-12/h2-7H,8H2,1H3,(H2,14,17). The number of rotatable bonds is 2. The van der Waals surface area contributed by atoms with Crippen molar-refractivity contribution in [1.82, 2.24) is 19.5 Å². The molecule has 0 amide bonds. The van der Waals surface area contributed by atoms with E-state index in [0.717, 1.165) is 16.7 Å². The van der Waals surface area contributed by atoms with Crippen LogP contribution in [0.5, 0.6) is 0 Å². The molecule has 0 spiro atoms. The average Bonchev–Trinajstić information content (AvgIpc) is 2.69. The average molecular weight is 239 g/mol. The molecule has 0 saturated heterocycles. The smallest absolute Gasteiger partial charge is 0.202 e. The number of nitrogens with two attached hydrogens (primary N) is 1. The second-order valence-corrected chi connectivity index (χ2v) is 4.20. The molecule has 0 atom stereocenters. The van der Waals surface area contributed by atoms with Crippen LogP contribution >= 0.6 is 0 Å². The van der Waals surface area contributed by atoms with Gasteiger partial charge in [0, 0.05) is 18.6 Å². The van der Waals surface area contributed by atoms with Crippen molar-refractivity contribution >= 4 is 17.1 Å². The fourth-order valence-electron chi connectivity index (χ4n) is 1.98. The molecule has 3 aromatic heterocycles. The Morgan fingerprint density at radius 1 is 1.28 bits per heavy atom. The molecule has 0 unspecified atom stereocenters. The number of aryl methyl sites for hydroxylation is 1. The van der Waals surface area contributed by atoms with Crippen LogP contribution in [-0.2, 0) is 6.54 Å². The molecule has 90 valence electrons. The Hall–Kier alpha value is -2.43. The lowest BCUT2D eigenvalue weighted by molar-refractivity contribution is 0.819. The maximum atomic E-state index is 5.95. The predicted octanol–water partition coefficient (Wildman–Crippen LogP) is 1.77. The van der Waals surface area contributed by atoms with Gasteiger partial charge < -0.3 is 5.73 Å². The highest BCUT2D eigenvalue weighted by Crippen LogP contribution is 2.18. The zero-order chi connectivity index (χ0) is 12.5. The normalized spacial score (nSPS) is 10.9. The van der Waals surface area contributed by atoms with E-state index in [0.29, 0.717) is 12.5 Å². The fraction of sp³-hybridized carbons (Fsp3) is 0.154. The van der Waals surface area contributed by atoms with Crippen LogP contribution in [0.25, 0.3) is 11.2 Å². The first kappa shape index (κ1) is 10.7. The van der Waals surface area contributed by atoms with Gasteiger partial charge in [0.15, 0.2) is 5.65 Å². The second kappa shape index (κ2) is 4.10. The number of pyridine rings is 2. The minimum Gasteiger partial charge on any atom is -0.369 e. The first-order valence-electron chi connectivity index (χ1n) is 5.72. The molecule has 3 heterocycles. The minimum absolute atomic E-state index is 0.486. The maximum absolute atomic E-state index is 5.95. The summed E-state index contributed by atoms with van der Waals surface area (Å²) in [5.41, 5.74) is 9.88. The monoisotopic (exact) mass is 239 g/mol. The predicted molar refractivity (Wildman–Crippen MR) is 70.0 cm³/mol. The van der Waals surface area contributed by atoms with Gasteiger partial charge in [0.25, 0.3) is 0 Å². The van der Waals surface area contributed by atoms with E-state index in [1.807, 2.05) is 35.9 Å². The number of nitrogens with zero attached hydrogens (tertiary/aromatic N) is 4. The Kier molecular flexibility index (Phi) is 2.44. The van der Waals surface area contributed by atoms with E-state index < -0.39 is 0 Å². The van der Waals surface area contributed by atoms with Crippen molar-refractivity contribution in [2.45, 2.75) is 13.5 Å². The van der Waals surface area contributed by atoms with Crippen LogP contribution in [0.3, 0.4) is 0 Å². The third kappa shape index (κ3) is 1.69. The van der Waals surface area contributed by atoms with Crippen LogP contribution in [0.15, 0.2) is 36.8 Å². The third-order valence-corrected chi connectivity index (χ3v) is 3.00. The summed E-state index contributed by atoms with van der Waals surface area (Å²) < 4.78 is 1.91. The number of imidazole rings is 1. The zero-order valence-electron chi connectivity index (χ0n) is 10.0. The molecule has 0 aliphatic rings. The van der Waals surface area contributed by atoms with Crippen molar-refractivity contribution < 1.29 is 0 Å². The molecule has 0 aromatic carbocycles. The Bertz CT molecular complexity index is 701. The lowest BCUT2D eigenvalue weighted by atomic mass is 10.1. The van der Waals surface area contributed by atoms with Crippen LogP contribution in [-0.4, -0.2) is 19.5 Å². The summed E-state index contributed by atoms with van der Waals surface area (Å²) in [6.45, 7) is 2.69. The fourth-order valence-corrected chi connectivity index (χ4v) is 1.98. The van der Waals surface area contributed by atoms with Crippen LogP contribution in [0, 0.1) is 6.92 Å². The highest BCUT2D eigenvalue weighted by molar-refractivity contribution is 5.73. The van der Waals surface area contributed by atoms with E-state index in [4.69, 9.17) is 5.73 Å². The summed E-state index contributed by atoms with van der Waals surface area (Å²) in [6.07, 6.45) is 5.38. The van der Waals surface area contributed by atoms with E-state index in [2.05, 4.69) is 15.0 Å². The van der Waals surface area contributed by atoms with Gasteiger partial charge in [0.2, 0.25) is 5.95 Å². The molecule has 0 saturated carbocycles. The summed E-state index contributed by atoms with van der Waals surface area (Å²) in [4.78, 5) is 12.7. The van der Waals surface area contributed by atoms with Gasteiger partial charge in [-0.15, -0.1) is 0 Å². The number of nitrogen functional groups attached to an aromatic ring is 1.